The third-order valence-electron chi connectivity index (χ3n) is 5.99. The number of anilines is 2. The fraction of sp³-hybridized carbons (Fsp3) is 0.233. The van der Waals surface area contributed by atoms with Crippen LogP contribution in [-0.2, 0) is 19.1 Å². The Morgan fingerprint density at radius 3 is 2.29 bits per heavy atom. The van der Waals surface area contributed by atoms with Crippen molar-refractivity contribution in [2.24, 2.45) is 0 Å². The van der Waals surface area contributed by atoms with Gasteiger partial charge in [0, 0.05) is 23.2 Å². The lowest BCUT2D eigenvalue weighted by molar-refractivity contribution is -0.146. The van der Waals surface area contributed by atoms with Crippen molar-refractivity contribution in [1.29, 1.82) is 0 Å². The molecule has 4 aromatic rings. The Kier molecular flexibility index (Phi) is 9.31. The van der Waals surface area contributed by atoms with E-state index in [1.807, 2.05) is 30.3 Å². The molecule has 0 aliphatic rings. The molecule has 5 N–H and O–H groups in total. The second-order valence-electron chi connectivity index (χ2n) is 8.97. The van der Waals surface area contributed by atoms with Crippen molar-refractivity contribution in [2.45, 2.75) is 32.7 Å². The van der Waals surface area contributed by atoms with Gasteiger partial charge in [-0.25, -0.2) is 14.8 Å². The third-order valence-corrected chi connectivity index (χ3v) is 5.99. The number of nitrogen functional groups attached to an aromatic ring is 2. The molecule has 0 spiro atoms. The summed E-state index contributed by atoms with van der Waals surface area (Å²) in [7, 11) is 0. The van der Waals surface area contributed by atoms with Crippen molar-refractivity contribution in [3.8, 4) is 22.9 Å². The predicted molar refractivity (Wildman–Crippen MR) is 154 cm³/mol. The highest BCUT2D eigenvalue weighted by atomic mass is 16.5. The fourth-order valence-corrected chi connectivity index (χ4v) is 4.06. The van der Waals surface area contributed by atoms with Crippen molar-refractivity contribution in [3.05, 3.63) is 72.3 Å². The van der Waals surface area contributed by atoms with Crippen LogP contribution in [0.3, 0.4) is 0 Å². The summed E-state index contributed by atoms with van der Waals surface area (Å²) < 4.78 is 16.1. The Morgan fingerprint density at radius 1 is 0.902 bits per heavy atom. The van der Waals surface area contributed by atoms with Crippen LogP contribution in [0.25, 0.3) is 22.3 Å². The van der Waals surface area contributed by atoms with Gasteiger partial charge in [0.25, 0.3) is 5.91 Å². The van der Waals surface area contributed by atoms with Crippen LogP contribution in [0.4, 0.5) is 11.4 Å². The van der Waals surface area contributed by atoms with Gasteiger partial charge in [0.05, 0.1) is 24.4 Å². The Bertz CT molecular complexity index is 1540. The molecule has 1 atom stereocenters. The largest absolute Gasteiger partial charge is 0.466 e. The Hall–Kier alpha value is -5.19. The van der Waals surface area contributed by atoms with Crippen LogP contribution in [0.1, 0.15) is 37.0 Å². The molecular weight excluding hydrogens is 526 g/mol. The summed E-state index contributed by atoms with van der Waals surface area (Å²) in [6.45, 7) is 3.71. The van der Waals surface area contributed by atoms with Gasteiger partial charge in [0.2, 0.25) is 5.88 Å². The van der Waals surface area contributed by atoms with Crippen molar-refractivity contribution in [1.82, 2.24) is 15.3 Å². The van der Waals surface area contributed by atoms with Crippen molar-refractivity contribution < 1.29 is 28.6 Å². The van der Waals surface area contributed by atoms with E-state index in [1.165, 1.54) is 0 Å². The molecule has 1 heterocycles. The number of carbonyl (C=O) groups excluding carboxylic acids is 3. The van der Waals surface area contributed by atoms with Gasteiger partial charge >= 0.3 is 11.9 Å². The van der Waals surface area contributed by atoms with Gasteiger partial charge in [0.15, 0.2) is 0 Å². The first-order valence-electron chi connectivity index (χ1n) is 13.1. The van der Waals surface area contributed by atoms with E-state index in [0.29, 0.717) is 33.9 Å². The van der Waals surface area contributed by atoms with Crippen LogP contribution >= 0.6 is 0 Å². The minimum atomic E-state index is -1.01. The van der Waals surface area contributed by atoms with E-state index >= 15 is 0 Å². The molecule has 0 aliphatic carbocycles. The number of hydrogen-bond donors (Lipinski definition) is 3. The molecule has 11 nitrogen and oxygen atoms in total. The zero-order chi connectivity index (χ0) is 29.4. The topological polar surface area (TPSA) is 169 Å². The van der Waals surface area contributed by atoms with Crippen molar-refractivity contribution in [2.75, 3.05) is 24.7 Å². The number of amides is 1. The predicted octanol–water partition coefficient (Wildman–Crippen LogP) is 4.26. The maximum atomic E-state index is 12.9. The second-order valence-corrected chi connectivity index (χ2v) is 8.97. The normalized spacial score (nSPS) is 11.5. The number of hydrogen-bond acceptors (Lipinski definition) is 10. The number of nitrogens with one attached hydrogen (secondary N) is 1. The van der Waals surface area contributed by atoms with E-state index in [0.717, 1.165) is 5.56 Å². The Balaban J connectivity index is 1.55. The monoisotopic (exact) mass is 557 g/mol. The fourth-order valence-electron chi connectivity index (χ4n) is 4.06. The number of nitrogens with two attached hydrogens (primary N) is 2. The maximum absolute atomic E-state index is 12.9. The summed E-state index contributed by atoms with van der Waals surface area (Å²) in [6.07, 6.45) is 0.000739. The average Bonchev–Trinajstić information content (AvgIpc) is 2.96. The van der Waals surface area contributed by atoms with Crippen LogP contribution in [0, 0.1) is 0 Å². The molecule has 3 aromatic carbocycles. The highest BCUT2D eigenvalue weighted by molar-refractivity contribution is 5.97. The second kappa shape index (κ2) is 13.2. The van der Waals surface area contributed by atoms with Crippen LogP contribution in [0.15, 0.2) is 66.7 Å². The zero-order valence-electron chi connectivity index (χ0n) is 22.8. The van der Waals surface area contributed by atoms with Gasteiger partial charge in [0.1, 0.15) is 23.0 Å². The number of rotatable bonds is 11. The lowest BCUT2D eigenvalue weighted by Gasteiger charge is -2.17. The van der Waals surface area contributed by atoms with Crippen molar-refractivity contribution >= 4 is 40.3 Å². The highest BCUT2D eigenvalue weighted by Crippen LogP contribution is 2.34. The number of fused-ring (bicyclic) bond motifs is 1. The minimum Gasteiger partial charge on any atom is -0.466 e. The molecular formula is C30H31N5O6. The molecule has 0 saturated carbocycles. The lowest BCUT2D eigenvalue weighted by Crippen LogP contribution is -2.42. The minimum absolute atomic E-state index is 0.0434. The summed E-state index contributed by atoms with van der Waals surface area (Å²) in [6, 6.07) is 18.0. The zero-order valence-corrected chi connectivity index (χ0v) is 22.8. The first-order chi connectivity index (χ1) is 19.8. The third kappa shape index (κ3) is 7.27. The summed E-state index contributed by atoms with van der Waals surface area (Å²) in [5.74, 6) is -0.982. The van der Waals surface area contributed by atoms with E-state index in [4.69, 9.17) is 30.7 Å². The standard InChI is InChI=1S/C30H31N5O6/c1-3-39-25(36)15-14-23(30(38)40-4-2)33-28(37)19-10-12-21(13-11-19)41-29-26(18-8-6-5-7-9-18)35-27-22(32)16-20(31)17-24(27)34-29/h5-13,16-17,23H,3-4,14-15,31-32H2,1-2H3,(H,33,37). The number of aromatic nitrogens is 2. The van der Waals surface area contributed by atoms with Crippen LogP contribution in [0.2, 0.25) is 0 Å². The lowest BCUT2D eigenvalue weighted by atomic mass is 10.1. The number of nitrogens with zero attached hydrogens (tertiary/aromatic N) is 2. The summed E-state index contributed by atoms with van der Waals surface area (Å²) in [4.78, 5) is 46.4. The average molecular weight is 558 g/mol. The number of ether oxygens (including phenoxy) is 3. The first kappa shape index (κ1) is 28.8. The van der Waals surface area contributed by atoms with Crippen LogP contribution in [0.5, 0.6) is 11.6 Å². The van der Waals surface area contributed by atoms with Crippen molar-refractivity contribution in [3.63, 3.8) is 0 Å². The maximum Gasteiger partial charge on any atom is 0.328 e. The quantitative estimate of drug-likeness (QED) is 0.179. The number of benzene rings is 3. The molecule has 0 radical (unpaired) electrons. The molecule has 11 heteroatoms. The summed E-state index contributed by atoms with van der Waals surface area (Å²) in [5, 5.41) is 2.64. The van der Waals surface area contributed by atoms with Gasteiger partial charge in [-0.1, -0.05) is 30.3 Å². The number of carbonyl (C=O) groups is 3. The molecule has 212 valence electrons. The molecule has 1 unspecified atom stereocenters. The Morgan fingerprint density at radius 2 is 1.61 bits per heavy atom. The Labute approximate surface area is 236 Å². The van der Waals surface area contributed by atoms with E-state index in [1.54, 1.807) is 50.2 Å². The summed E-state index contributed by atoms with van der Waals surface area (Å²) >= 11 is 0. The molecule has 41 heavy (non-hydrogen) atoms. The molecule has 0 saturated heterocycles. The van der Waals surface area contributed by atoms with Gasteiger partial charge in [-0.15, -0.1) is 0 Å². The van der Waals surface area contributed by atoms with Crippen LogP contribution in [-0.4, -0.2) is 47.1 Å². The molecule has 0 aliphatic heterocycles. The molecule has 0 bridgehead atoms. The number of esters is 2. The molecule has 1 aromatic heterocycles. The first-order valence-corrected chi connectivity index (χ1v) is 13.1. The van der Waals surface area contributed by atoms with E-state index in [2.05, 4.69) is 10.3 Å². The summed E-state index contributed by atoms with van der Waals surface area (Å²) in [5.41, 5.74) is 15.5. The van der Waals surface area contributed by atoms with Gasteiger partial charge in [-0.3, -0.25) is 9.59 Å². The molecule has 4 rings (SSSR count). The van der Waals surface area contributed by atoms with Gasteiger partial charge in [-0.05, 0) is 56.7 Å². The van der Waals surface area contributed by atoms with Crippen LogP contribution < -0.4 is 21.5 Å². The van der Waals surface area contributed by atoms with Gasteiger partial charge < -0.3 is 31.0 Å². The van der Waals surface area contributed by atoms with E-state index in [-0.39, 0.29) is 37.5 Å². The van der Waals surface area contributed by atoms with Gasteiger partial charge in [-0.2, -0.15) is 0 Å². The smallest absolute Gasteiger partial charge is 0.328 e. The van der Waals surface area contributed by atoms with E-state index < -0.39 is 23.9 Å². The SMILES string of the molecule is CCOC(=O)CCC(NC(=O)c1ccc(Oc2nc3cc(N)cc(N)c3nc2-c2ccccc2)cc1)C(=O)OCC. The molecule has 0 fully saturated rings. The van der Waals surface area contributed by atoms with E-state index in [9.17, 15) is 14.4 Å². The molecule has 1 amide bonds. The highest BCUT2D eigenvalue weighted by Gasteiger charge is 2.24.